The second kappa shape index (κ2) is 6.11. The number of aryl methyl sites for hydroxylation is 1. The molecule has 0 radical (unpaired) electrons. The molecule has 0 aliphatic rings. The molecule has 0 bridgehead atoms. The summed E-state index contributed by atoms with van der Waals surface area (Å²) in [5.74, 6) is -0.233. The van der Waals surface area contributed by atoms with E-state index in [1.54, 1.807) is 19.2 Å². The van der Waals surface area contributed by atoms with Crippen LogP contribution in [-0.2, 0) is 0 Å². The van der Waals surface area contributed by atoms with E-state index in [2.05, 4.69) is 15.6 Å². The Hall–Kier alpha value is -1.78. The first-order valence-electron chi connectivity index (χ1n) is 5.92. The molecule has 0 fully saturated rings. The Morgan fingerprint density at radius 1 is 1.20 bits per heavy atom. The molecule has 2 rings (SSSR count). The van der Waals surface area contributed by atoms with Crippen molar-refractivity contribution in [2.45, 2.75) is 6.92 Å². The highest BCUT2D eigenvalue weighted by molar-refractivity contribution is 6.30. The van der Waals surface area contributed by atoms with Gasteiger partial charge in [0.2, 0.25) is 0 Å². The molecule has 0 saturated heterocycles. The molecule has 1 heterocycles. The SMILES string of the molecule is CNC(=O)c1cnc(Cl)cc1Nc1ccc(Cl)cc1C. The number of halogens is 2. The van der Waals surface area contributed by atoms with Crippen molar-refractivity contribution in [3.63, 3.8) is 0 Å². The van der Waals surface area contributed by atoms with Crippen LogP contribution < -0.4 is 10.6 Å². The number of rotatable bonds is 3. The summed E-state index contributed by atoms with van der Waals surface area (Å²) in [7, 11) is 1.56. The second-order valence-corrected chi connectivity index (χ2v) is 5.04. The van der Waals surface area contributed by atoms with Gasteiger partial charge >= 0.3 is 0 Å². The van der Waals surface area contributed by atoms with E-state index in [9.17, 15) is 4.79 Å². The van der Waals surface area contributed by atoms with Crippen LogP contribution in [0.4, 0.5) is 11.4 Å². The van der Waals surface area contributed by atoms with Gasteiger partial charge in [-0.25, -0.2) is 4.98 Å². The smallest absolute Gasteiger partial charge is 0.254 e. The van der Waals surface area contributed by atoms with Crippen molar-refractivity contribution in [1.29, 1.82) is 0 Å². The van der Waals surface area contributed by atoms with Gasteiger partial charge in [-0.05, 0) is 36.8 Å². The summed E-state index contributed by atoms with van der Waals surface area (Å²) in [4.78, 5) is 15.7. The molecule has 6 heteroatoms. The predicted octanol–water partition coefficient (Wildman–Crippen LogP) is 3.80. The van der Waals surface area contributed by atoms with Crippen LogP contribution in [-0.4, -0.2) is 17.9 Å². The number of hydrogen-bond acceptors (Lipinski definition) is 3. The molecule has 0 atom stereocenters. The number of benzene rings is 1. The second-order valence-electron chi connectivity index (χ2n) is 4.22. The minimum Gasteiger partial charge on any atom is -0.355 e. The van der Waals surface area contributed by atoms with Crippen molar-refractivity contribution < 1.29 is 4.79 Å². The molecule has 1 amide bonds. The van der Waals surface area contributed by atoms with Gasteiger partial charge in [-0.3, -0.25) is 4.79 Å². The molecular formula is C14H13Cl2N3O. The van der Waals surface area contributed by atoms with Gasteiger partial charge in [-0.15, -0.1) is 0 Å². The highest BCUT2D eigenvalue weighted by atomic mass is 35.5. The van der Waals surface area contributed by atoms with Gasteiger partial charge in [0.05, 0.1) is 11.3 Å². The third-order valence-corrected chi connectivity index (χ3v) is 3.24. The molecule has 20 heavy (non-hydrogen) atoms. The third kappa shape index (κ3) is 3.21. The number of aromatic nitrogens is 1. The summed E-state index contributed by atoms with van der Waals surface area (Å²) in [6.07, 6.45) is 1.44. The highest BCUT2D eigenvalue weighted by Gasteiger charge is 2.12. The third-order valence-electron chi connectivity index (χ3n) is 2.80. The van der Waals surface area contributed by atoms with E-state index in [0.29, 0.717) is 21.4 Å². The predicted molar refractivity (Wildman–Crippen MR) is 82.1 cm³/mol. The number of anilines is 2. The van der Waals surface area contributed by atoms with Gasteiger partial charge < -0.3 is 10.6 Å². The molecule has 2 N–H and O–H groups in total. The number of carbonyl (C=O) groups is 1. The van der Waals surface area contributed by atoms with E-state index in [1.807, 2.05) is 19.1 Å². The fourth-order valence-electron chi connectivity index (χ4n) is 1.76. The van der Waals surface area contributed by atoms with Crippen LogP contribution in [0, 0.1) is 6.92 Å². The van der Waals surface area contributed by atoms with Crippen LogP contribution in [0.5, 0.6) is 0 Å². The molecular weight excluding hydrogens is 297 g/mol. The summed E-state index contributed by atoms with van der Waals surface area (Å²) >= 11 is 11.8. The summed E-state index contributed by atoms with van der Waals surface area (Å²) in [6, 6.07) is 7.07. The summed E-state index contributed by atoms with van der Waals surface area (Å²) in [6.45, 7) is 1.93. The lowest BCUT2D eigenvalue weighted by atomic mass is 10.1. The fourth-order valence-corrected chi connectivity index (χ4v) is 2.15. The number of amides is 1. The van der Waals surface area contributed by atoms with Crippen molar-refractivity contribution in [2.75, 3.05) is 12.4 Å². The van der Waals surface area contributed by atoms with Gasteiger partial charge in [0.1, 0.15) is 5.15 Å². The minimum atomic E-state index is -0.233. The zero-order valence-electron chi connectivity index (χ0n) is 11.0. The molecule has 0 aliphatic carbocycles. The van der Waals surface area contributed by atoms with Crippen molar-refractivity contribution in [3.8, 4) is 0 Å². The maximum absolute atomic E-state index is 11.8. The first kappa shape index (κ1) is 14.6. The van der Waals surface area contributed by atoms with Crippen LogP contribution >= 0.6 is 23.2 Å². The molecule has 0 spiro atoms. The van der Waals surface area contributed by atoms with Gasteiger partial charge in [-0.2, -0.15) is 0 Å². The van der Waals surface area contributed by atoms with Crippen LogP contribution in [0.15, 0.2) is 30.5 Å². The molecule has 4 nitrogen and oxygen atoms in total. The van der Waals surface area contributed by atoms with Gasteiger partial charge in [0.25, 0.3) is 5.91 Å². The lowest BCUT2D eigenvalue weighted by molar-refractivity contribution is 0.0963. The first-order valence-corrected chi connectivity index (χ1v) is 6.67. The Kier molecular flexibility index (Phi) is 4.47. The molecule has 0 unspecified atom stereocenters. The minimum absolute atomic E-state index is 0.233. The molecule has 0 saturated carbocycles. The molecule has 2 aromatic rings. The van der Waals surface area contributed by atoms with Crippen LogP contribution in [0.3, 0.4) is 0 Å². The largest absolute Gasteiger partial charge is 0.355 e. The number of hydrogen-bond donors (Lipinski definition) is 2. The van der Waals surface area contributed by atoms with Crippen LogP contribution in [0.2, 0.25) is 10.2 Å². The van der Waals surface area contributed by atoms with Crippen molar-refractivity contribution in [2.24, 2.45) is 0 Å². The van der Waals surface area contributed by atoms with E-state index in [4.69, 9.17) is 23.2 Å². The lowest BCUT2D eigenvalue weighted by Crippen LogP contribution is -2.19. The number of nitrogens with one attached hydrogen (secondary N) is 2. The fraction of sp³-hybridized carbons (Fsp3) is 0.143. The van der Waals surface area contributed by atoms with E-state index < -0.39 is 0 Å². The zero-order valence-corrected chi connectivity index (χ0v) is 12.5. The van der Waals surface area contributed by atoms with E-state index in [0.717, 1.165) is 11.3 Å². The molecule has 0 aliphatic heterocycles. The normalized spacial score (nSPS) is 10.2. The maximum Gasteiger partial charge on any atom is 0.254 e. The van der Waals surface area contributed by atoms with Gasteiger partial charge in [0.15, 0.2) is 0 Å². The average molecular weight is 310 g/mol. The van der Waals surface area contributed by atoms with Gasteiger partial charge in [-0.1, -0.05) is 23.2 Å². The van der Waals surface area contributed by atoms with Crippen LogP contribution in [0.1, 0.15) is 15.9 Å². The molecule has 1 aromatic heterocycles. The van der Waals surface area contributed by atoms with Crippen LogP contribution in [0.25, 0.3) is 0 Å². The van der Waals surface area contributed by atoms with Crippen molar-refractivity contribution in [1.82, 2.24) is 10.3 Å². The highest BCUT2D eigenvalue weighted by Crippen LogP contribution is 2.27. The monoisotopic (exact) mass is 309 g/mol. The first-order chi connectivity index (χ1) is 9.51. The van der Waals surface area contributed by atoms with Gasteiger partial charge in [0, 0.05) is 24.0 Å². The van der Waals surface area contributed by atoms with Crippen molar-refractivity contribution >= 4 is 40.5 Å². The summed E-state index contributed by atoms with van der Waals surface area (Å²) < 4.78 is 0. The lowest BCUT2D eigenvalue weighted by Gasteiger charge is -2.13. The quantitative estimate of drug-likeness (QED) is 0.848. The number of nitrogens with zero attached hydrogens (tertiary/aromatic N) is 1. The molecule has 104 valence electrons. The maximum atomic E-state index is 11.8. The Bertz CT molecular complexity index is 659. The topological polar surface area (TPSA) is 54.0 Å². The zero-order chi connectivity index (χ0) is 14.7. The Morgan fingerprint density at radius 3 is 2.60 bits per heavy atom. The van der Waals surface area contributed by atoms with E-state index in [1.165, 1.54) is 6.20 Å². The van der Waals surface area contributed by atoms with E-state index in [-0.39, 0.29) is 5.91 Å². The Balaban J connectivity index is 2.41. The average Bonchev–Trinajstić information content (AvgIpc) is 2.41. The summed E-state index contributed by atoms with van der Waals surface area (Å²) in [5.41, 5.74) is 2.83. The van der Waals surface area contributed by atoms with E-state index >= 15 is 0 Å². The Morgan fingerprint density at radius 2 is 1.95 bits per heavy atom. The standard InChI is InChI=1S/C14H13Cl2N3O/c1-8-5-9(15)3-4-11(8)19-12-6-13(16)18-7-10(12)14(20)17-2/h3-7H,1-2H3,(H,17,20)(H,18,19). The summed E-state index contributed by atoms with van der Waals surface area (Å²) in [5, 5.41) is 6.72. The Labute approximate surface area is 127 Å². The van der Waals surface area contributed by atoms with Crippen molar-refractivity contribution in [3.05, 3.63) is 51.8 Å². The molecule has 1 aromatic carbocycles. The number of carbonyl (C=O) groups excluding carboxylic acids is 1. The number of pyridine rings is 1.